The Balaban J connectivity index is 1.25. The van der Waals surface area contributed by atoms with E-state index in [0.717, 1.165) is 41.5 Å². The minimum Gasteiger partial charge on any atom is -0.444 e. The third-order valence-electron chi connectivity index (χ3n) is 7.45. The fourth-order valence-corrected chi connectivity index (χ4v) is 5.75. The first-order valence-electron chi connectivity index (χ1n) is 12.8. The molecule has 2 aromatic rings. The molecule has 8 nitrogen and oxygen atoms in total. The number of nitrogens with zero attached hydrogens (tertiary/aromatic N) is 2. The number of fused-ring (bicyclic) bond motifs is 3. The van der Waals surface area contributed by atoms with Crippen molar-refractivity contribution in [3.63, 3.8) is 0 Å². The summed E-state index contributed by atoms with van der Waals surface area (Å²) < 4.78 is 5.58. The van der Waals surface area contributed by atoms with Gasteiger partial charge in [-0.25, -0.2) is 4.79 Å². The van der Waals surface area contributed by atoms with Crippen LogP contribution in [0.3, 0.4) is 0 Å². The van der Waals surface area contributed by atoms with Gasteiger partial charge in [-0.15, -0.1) is 0 Å². The van der Waals surface area contributed by atoms with Crippen molar-refractivity contribution in [2.45, 2.75) is 76.7 Å². The molecule has 4 atom stereocenters. The molecular formula is C29H32N4O4. The van der Waals surface area contributed by atoms with E-state index in [0.29, 0.717) is 18.5 Å². The van der Waals surface area contributed by atoms with E-state index in [1.54, 1.807) is 4.90 Å². The topological polar surface area (TPSA) is 112 Å². The van der Waals surface area contributed by atoms with Crippen LogP contribution in [0.5, 0.6) is 0 Å². The fourth-order valence-electron chi connectivity index (χ4n) is 5.75. The SMILES string of the molecule is CC(C)(C)OC(=O)N1C2CCC(C2)[C@H]1C(=O)N[C@H](C#N)Cc1ccc(-c2ccc3c(c2)C(=O)NC3)cc1. The third-order valence-corrected chi connectivity index (χ3v) is 7.45. The Morgan fingerprint density at radius 3 is 2.59 bits per heavy atom. The predicted molar refractivity (Wildman–Crippen MR) is 137 cm³/mol. The quantitative estimate of drug-likeness (QED) is 0.646. The summed E-state index contributed by atoms with van der Waals surface area (Å²) in [5.41, 5.74) is 3.89. The summed E-state index contributed by atoms with van der Waals surface area (Å²) in [5, 5.41) is 15.5. The van der Waals surface area contributed by atoms with Crippen LogP contribution in [-0.4, -0.2) is 46.5 Å². The van der Waals surface area contributed by atoms with Gasteiger partial charge in [0, 0.05) is 24.6 Å². The number of hydrogen-bond acceptors (Lipinski definition) is 5. The summed E-state index contributed by atoms with van der Waals surface area (Å²) in [6.07, 6.45) is 2.44. The highest BCUT2D eigenvalue weighted by molar-refractivity contribution is 5.99. The maximum Gasteiger partial charge on any atom is 0.411 e. The Hall–Kier alpha value is -3.86. The highest BCUT2D eigenvalue weighted by Crippen LogP contribution is 2.43. The van der Waals surface area contributed by atoms with E-state index in [1.807, 2.05) is 63.2 Å². The van der Waals surface area contributed by atoms with Crippen molar-refractivity contribution in [3.8, 4) is 17.2 Å². The highest BCUT2D eigenvalue weighted by atomic mass is 16.6. The lowest BCUT2D eigenvalue weighted by atomic mass is 9.96. The standard InChI is InChI=1S/C29H32N4O4/c1-29(2,3)37-28(36)33-23-11-10-20(13-23)25(33)27(35)32-22(15-30)12-17-4-6-18(7-5-17)19-8-9-21-16-31-26(34)24(21)14-19/h4-9,14,20,22-23,25H,10-13,16H2,1-3H3,(H,31,34)(H,32,35)/t20?,22-,23?,25-/m0/s1. The lowest BCUT2D eigenvalue weighted by Gasteiger charge is -2.35. The van der Waals surface area contributed by atoms with Gasteiger partial charge in [0.1, 0.15) is 17.7 Å². The molecule has 0 aromatic heterocycles. The average Bonchev–Trinajstić information content (AvgIpc) is 3.58. The number of carbonyl (C=O) groups is 3. The number of amides is 3. The second-order valence-corrected chi connectivity index (χ2v) is 11.2. The third kappa shape index (κ3) is 5.04. The Bertz CT molecular complexity index is 1270. The Kier molecular flexibility index (Phi) is 6.40. The van der Waals surface area contributed by atoms with Gasteiger partial charge in [-0.3, -0.25) is 14.5 Å². The molecule has 0 spiro atoms. The molecule has 2 bridgehead atoms. The van der Waals surface area contributed by atoms with Crippen LogP contribution in [0.25, 0.3) is 11.1 Å². The average molecular weight is 501 g/mol. The minimum absolute atomic E-state index is 0.00831. The lowest BCUT2D eigenvalue weighted by Crippen LogP contribution is -2.55. The Labute approximate surface area is 217 Å². The molecule has 2 aliphatic heterocycles. The van der Waals surface area contributed by atoms with Gasteiger partial charge < -0.3 is 15.4 Å². The number of likely N-dealkylation sites (tertiary alicyclic amines) is 1. The van der Waals surface area contributed by atoms with Crippen molar-refractivity contribution in [1.29, 1.82) is 5.26 Å². The number of nitriles is 1. The molecule has 1 saturated heterocycles. The summed E-state index contributed by atoms with van der Waals surface area (Å²) in [5.74, 6) is -0.259. The smallest absolute Gasteiger partial charge is 0.411 e. The van der Waals surface area contributed by atoms with Crippen molar-refractivity contribution < 1.29 is 19.1 Å². The van der Waals surface area contributed by atoms with E-state index in [-0.39, 0.29) is 23.8 Å². The van der Waals surface area contributed by atoms with Crippen molar-refractivity contribution in [1.82, 2.24) is 15.5 Å². The molecule has 2 fully saturated rings. The second-order valence-electron chi connectivity index (χ2n) is 11.2. The van der Waals surface area contributed by atoms with Gasteiger partial charge in [0.05, 0.1) is 6.07 Å². The van der Waals surface area contributed by atoms with Crippen LogP contribution in [-0.2, 0) is 22.5 Å². The summed E-state index contributed by atoms with van der Waals surface area (Å²) in [6.45, 7) is 6.00. The molecule has 2 aromatic carbocycles. The number of carbonyl (C=O) groups excluding carboxylic acids is 3. The lowest BCUT2D eigenvalue weighted by molar-refractivity contribution is -0.128. The number of nitrogens with one attached hydrogen (secondary N) is 2. The molecule has 0 radical (unpaired) electrons. The van der Waals surface area contributed by atoms with Crippen LogP contribution in [0.1, 0.15) is 61.5 Å². The Morgan fingerprint density at radius 2 is 1.89 bits per heavy atom. The zero-order valence-corrected chi connectivity index (χ0v) is 21.4. The van der Waals surface area contributed by atoms with Crippen molar-refractivity contribution in [2.24, 2.45) is 5.92 Å². The molecule has 1 saturated carbocycles. The number of piperidine rings is 1. The van der Waals surface area contributed by atoms with E-state index >= 15 is 0 Å². The first-order valence-corrected chi connectivity index (χ1v) is 12.8. The molecule has 8 heteroatoms. The Morgan fingerprint density at radius 1 is 1.16 bits per heavy atom. The predicted octanol–water partition coefficient (Wildman–Crippen LogP) is 3.94. The minimum atomic E-state index is -0.721. The van der Waals surface area contributed by atoms with Gasteiger partial charge in [0.15, 0.2) is 0 Å². The van der Waals surface area contributed by atoms with Crippen LogP contribution in [0.2, 0.25) is 0 Å². The van der Waals surface area contributed by atoms with Gasteiger partial charge in [-0.2, -0.15) is 5.26 Å². The summed E-state index contributed by atoms with van der Waals surface area (Å²) >= 11 is 0. The van der Waals surface area contributed by atoms with Gasteiger partial charge >= 0.3 is 6.09 Å². The number of hydrogen-bond donors (Lipinski definition) is 2. The van der Waals surface area contributed by atoms with Gasteiger partial charge in [0.2, 0.25) is 5.91 Å². The van der Waals surface area contributed by atoms with Crippen molar-refractivity contribution >= 4 is 17.9 Å². The van der Waals surface area contributed by atoms with Crippen LogP contribution >= 0.6 is 0 Å². The number of rotatable bonds is 5. The van der Waals surface area contributed by atoms with E-state index in [4.69, 9.17) is 4.74 Å². The molecule has 192 valence electrons. The second kappa shape index (κ2) is 9.55. The molecule has 1 aliphatic carbocycles. The molecule has 3 amide bonds. The summed E-state index contributed by atoms with van der Waals surface area (Å²) in [6, 6.07) is 14.5. The normalized spacial score (nSPS) is 22.7. The molecule has 2 N–H and O–H groups in total. The first-order chi connectivity index (χ1) is 17.6. The van der Waals surface area contributed by atoms with E-state index < -0.39 is 23.8 Å². The monoisotopic (exact) mass is 500 g/mol. The summed E-state index contributed by atoms with van der Waals surface area (Å²) in [4.78, 5) is 39.8. The number of benzene rings is 2. The van der Waals surface area contributed by atoms with Gasteiger partial charge in [0.25, 0.3) is 5.91 Å². The zero-order chi connectivity index (χ0) is 26.3. The molecule has 2 unspecified atom stereocenters. The number of ether oxygens (including phenoxy) is 1. The maximum absolute atomic E-state index is 13.3. The van der Waals surface area contributed by atoms with E-state index in [2.05, 4.69) is 16.7 Å². The van der Waals surface area contributed by atoms with Crippen molar-refractivity contribution in [2.75, 3.05) is 0 Å². The van der Waals surface area contributed by atoms with Gasteiger partial charge in [-0.1, -0.05) is 36.4 Å². The molecule has 37 heavy (non-hydrogen) atoms. The highest BCUT2D eigenvalue weighted by Gasteiger charge is 2.52. The first kappa shape index (κ1) is 24.8. The van der Waals surface area contributed by atoms with Crippen molar-refractivity contribution in [3.05, 3.63) is 59.2 Å². The van der Waals surface area contributed by atoms with Crippen LogP contribution < -0.4 is 10.6 Å². The van der Waals surface area contributed by atoms with Gasteiger partial charge in [-0.05, 0) is 74.3 Å². The van der Waals surface area contributed by atoms with E-state index in [9.17, 15) is 19.6 Å². The molecular weight excluding hydrogens is 468 g/mol. The summed E-state index contributed by atoms with van der Waals surface area (Å²) in [7, 11) is 0. The van der Waals surface area contributed by atoms with Crippen LogP contribution in [0.4, 0.5) is 4.79 Å². The van der Waals surface area contributed by atoms with E-state index in [1.165, 1.54) is 0 Å². The maximum atomic E-state index is 13.3. The largest absolute Gasteiger partial charge is 0.444 e. The molecule has 3 aliphatic rings. The fraction of sp³-hybridized carbons (Fsp3) is 0.448. The van der Waals surface area contributed by atoms with Crippen LogP contribution in [0, 0.1) is 17.2 Å². The molecule has 5 rings (SSSR count). The zero-order valence-electron chi connectivity index (χ0n) is 21.4. The molecule has 2 heterocycles. The van der Waals surface area contributed by atoms with Crippen LogP contribution in [0.15, 0.2) is 42.5 Å².